The Kier molecular flexibility index (Phi) is 3.15. The third-order valence-corrected chi connectivity index (χ3v) is 3.81. The van der Waals surface area contributed by atoms with Crippen molar-refractivity contribution in [3.05, 3.63) is 60.1 Å². The van der Waals surface area contributed by atoms with Crippen molar-refractivity contribution in [2.45, 2.75) is 20.4 Å². The largest absolute Gasteiger partial charge is 0.363 e. The average molecular weight is 304 g/mol. The molecule has 0 fully saturated rings. The number of nitrogens with zero attached hydrogens (tertiary/aromatic N) is 5. The molecule has 6 heteroatoms. The van der Waals surface area contributed by atoms with Gasteiger partial charge in [-0.2, -0.15) is 0 Å². The Balaban J connectivity index is 1.77. The van der Waals surface area contributed by atoms with E-state index in [0.29, 0.717) is 6.54 Å². The molecule has 0 aliphatic carbocycles. The molecule has 0 aliphatic rings. The van der Waals surface area contributed by atoms with Gasteiger partial charge in [-0.1, -0.05) is 12.1 Å². The number of aromatic nitrogens is 5. The van der Waals surface area contributed by atoms with E-state index in [-0.39, 0.29) is 0 Å². The molecule has 0 aliphatic heterocycles. The molecule has 0 radical (unpaired) electrons. The van der Waals surface area contributed by atoms with Crippen molar-refractivity contribution in [3.8, 4) is 0 Å². The molecule has 23 heavy (non-hydrogen) atoms. The highest BCUT2D eigenvalue weighted by molar-refractivity contribution is 5.84. The highest BCUT2D eigenvalue weighted by Crippen LogP contribution is 2.23. The van der Waals surface area contributed by atoms with Crippen molar-refractivity contribution in [1.29, 1.82) is 0 Å². The summed E-state index contributed by atoms with van der Waals surface area (Å²) in [6, 6.07) is 8.06. The molecule has 1 aromatic carbocycles. The maximum atomic E-state index is 4.73. The van der Waals surface area contributed by atoms with E-state index in [1.54, 1.807) is 12.4 Å². The summed E-state index contributed by atoms with van der Waals surface area (Å²) < 4.78 is 2.12. The molecule has 0 amide bonds. The summed E-state index contributed by atoms with van der Waals surface area (Å²) in [7, 11) is 0. The molecule has 4 aromatic rings. The van der Waals surface area contributed by atoms with Crippen molar-refractivity contribution in [2.24, 2.45) is 0 Å². The second-order valence-electron chi connectivity index (χ2n) is 5.48. The van der Waals surface area contributed by atoms with Gasteiger partial charge in [-0.25, -0.2) is 9.97 Å². The molecule has 0 bridgehead atoms. The van der Waals surface area contributed by atoms with Crippen LogP contribution in [0, 0.1) is 13.8 Å². The Hall–Kier alpha value is -3.02. The SMILES string of the molecule is Cc1cnc(CNc2nc3ccccc3n3c(C)ncc23)cn1. The van der Waals surface area contributed by atoms with Gasteiger partial charge in [-0.15, -0.1) is 0 Å². The highest BCUT2D eigenvalue weighted by atomic mass is 15.1. The summed E-state index contributed by atoms with van der Waals surface area (Å²) in [6.45, 7) is 4.49. The fourth-order valence-electron chi connectivity index (χ4n) is 2.66. The van der Waals surface area contributed by atoms with Crippen LogP contribution in [0.15, 0.2) is 42.9 Å². The van der Waals surface area contributed by atoms with Crippen LogP contribution in [0.5, 0.6) is 0 Å². The smallest absolute Gasteiger partial charge is 0.153 e. The predicted octanol–water partition coefficient (Wildman–Crippen LogP) is 2.90. The van der Waals surface area contributed by atoms with Crippen LogP contribution in [0.4, 0.5) is 5.82 Å². The summed E-state index contributed by atoms with van der Waals surface area (Å²) in [5, 5.41) is 3.35. The van der Waals surface area contributed by atoms with Crippen LogP contribution in [0.1, 0.15) is 17.2 Å². The fraction of sp³-hybridized carbons (Fsp3) is 0.176. The van der Waals surface area contributed by atoms with Crippen molar-refractivity contribution in [3.63, 3.8) is 0 Å². The van der Waals surface area contributed by atoms with Gasteiger partial charge < -0.3 is 5.32 Å². The number of aryl methyl sites for hydroxylation is 2. The van der Waals surface area contributed by atoms with Crippen molar-refractivity contribution in [2.75, 3.05) is 5.32 Å². The van der Waals surface area contributed by atoms with Gasteiger partial charge in [0.15, 0.2) is 5.82 Å². The van der Waals surface area contributed by atoms with Crippen molar-refractivity contribution < 1.29 is 0 Å². The zero-order chi connectivity index (χ0) is 15.8. The van der Waals surface area contributed by atoms with Gasteiger partial charge >= 0.3 is 0 Å². The summed E-state index contributed by atoms with van der Waals surface area (Å²) in [6.07, 6.45) is 5.39. The fourth-order valence-corrected chi connectivity index (χ4v) is 2.66. The minimum absolute atomic E-state index is 0.568. The minimum Gasteiger partial charge on any atom is -0.363 e. The number of nitrogens with one attached hydrogen (secondary N) is 1. The van der Waals surface area contributed by atoms with Gasteiger partial charge in [0.05, 0.1) is 41.4 Å². The Morgan fingerprint density at radius 2 is 1.83 bits per heavy atom. The van der Waals surface area contributed by atoms with Crippen LogP contribution in [0.2, 0.25) is 0 Å². The lowest BCUT2D eigenvalue weighted by Gasteiger charge is -2.10. The second kappa shape index (κ2) is 5.31. The van der Waals surface area contributed by atoms with E-state index in [2.05, 4.69) is 30.7 Å². The van der Waals surface area contributed by atoms with Gasteiger partial charge in [-0.05, 0) is 26.0 Å². The number of hydrogen-bond acceptors (Lipinski definition) is 5. The third kappa shape index (κ3) is 2.38. The molecule has 114 valence electrons. The molecule has 0 spiro atoms. The van der Waals surface area contributed by atoms with Gasteiger partial charge in [0.25, 0.3) is 0 Å². The maximum absolute atomic E-state index is 4.73. The van der Waals surface area contributed by atoms with E-state index >= 15 is 0 Å². The number of benzene rings is 1. The van der Waals surface area contributed by atoms with Crippen molar-refractivity contribution in [1.82, 2.24) is 24.3 Å². The minimum atomic E-state index is 0.568. The maximum Gasteiger partial charge on any atom is 0.153 e. The highest BCUT2D eigenvalue weighted by Gasteiger charge is 2.11. The Morgan fingerprint density at radius 3 is 2.65 bits per heavy atom. The van der Waals surface area contributed by atoms with Crippen LogP contribution in [-0.2, 0) is 6.54 Å². The van der Waals surface area contributed by atoms with Crippen LogP contribution in [0.25, 0.3) is 16.6 Å². The van der Waals surface area contributed by atoms with E-state index in [4.69, 9.17) is 4.98 Å². The van der Waals surface area contributed by atoms with E-state index in [9.17, 15) is 0 Å². The topological polar surface area (TPSA) is 68.0 Å². The number of fused-ring (bicyclic) bond motifs is 3. The lowest BCUT2D eigenvalue weighted by Crippen LogP contribution is -2.06. The molecule has 1 N–H and O–H groups in total. The molecular weight excluding hydrogens is 288 g/mol. The zero-order valence-corrected chi connectivity index (χ0v) is 13.0. The van der Waals surface area contributed by atoms with Crippen LogP contribution in [0.3, 0.4) is 0 Å². The molecular formula is C17H16N6. The summed E-state index contributed by atoms with van der Waals surface area (Å²) in [4.78, 5) is 17.8. The lowest BCUT2D eigenvalue weighted by molar-refractivity contribution is 0.976. The molecule has 0 unspecified atom stereocenters. The molecule has 0 atom stereocenters. The summed E-state index contributed by atoms with van der Waals surface area (Å²) in [5.41, 5.74) is 4.73. The first-order valence-electron chi connectivity index (χ1n) is 7.46. The predicted molar refractivity (Wildman–Crippen MR) is 89.3 cm³/mol. The lowest BCUT2D eigenvalue weighted by atomic mass is 10.3. The molecule has 3 aromatic heterocycles. The van der Waals surface area contributed by atoms with Gasteiger partial charge in [0.2, 0.25) is 0 Å². The first-order valence-corrected chi connectivity index (χ1v) is 7.46. The Labute approximate surface area is 133 Å². The standard InChI is InChI=1S/C17H16N6/c1-11-7-20-13(8-18-11)9-21-17-16-10-19-12(2)23(16)15-6-4-3-5-14(15)22-17/h3-8,10H,9H2,1-2H3,(H,21,22). The monoisotopic (exact) mass is 304 g/mol. The zero-order valence-electron chi connectivity index (χ0n) is 13.0. The Morgan fingerprint density at radius 1 is 0.957 bits per heavy atom. The van der Waals surface area contributed by atoms with Crippen molar-refractivity contribution >= 4 is 22.4 Å². The number of hydrogen-bond donors (Lipinski definition) is 1. The van der Waals surface area contributed by atoms with E-state index in [0.717, 1.165) is 39.6 Å². The number of imidazole rings is 1. The molecule has 6 nitrogen and oxygen atoms in total. The third-order valence-electron chi connectivity index (χ3n) is 3.81. The van der Waals surface area contributed by atoms with Crippen LogP contribution < -0.4 is 5.32 Å². The van der Waals surface area contributed by atoms with Crippen LogP contribution >= 0.6 is 0 Å². The number of anilines is 1. The summed E-state index contributed by atoms with van der Waals surface area (Å²) in [5.74, 6) is 1.74. The van der Waals surface area contributed by atoms with E-state index < -0.39 is 0 Å². The number of rotatable bonds is 3. The molecule has 3 heterocycles. The summed E-state index contributed by atoms with van der Waals surface area (Å²) >= 11 is 0. The van der Waals surface area contributed by atoms with E-state index in [1.807, 2.05) is 38.2 Å². The first-order chi connectivity index (χ1) is 11.2. The molecule has 0 saturated heterocycles. The molecule has 0 saturated carbocycles. The normalized spacial score (nSPS) is 11.2. The quantitative estimate of drug-likeness (QED) is 0.630. The second-order valence-corrected chi connectivity index (χ2v) is 5.48. The van der Waals surface area contributed by atoms with E-state index in [1.165, 1.54) is 0 Å². The van der Waals surface area contributed by atoms with Gasteiger partial charge in [0, 0.05) is 6.20 Å². The number of para-hydroxylation sites is 2. The van der Waals surface area contributed by atoms with Gasteiger partial charge in [0.1, 0.15) is 11.3 Å². The van der Waals surface area contributed by atoms with Gasteiger partial charge in [-0.3, -0.25) is 14.4 Å². The molecule has 4 rings (SSSR count). The van der Waals surface area contributed by atoms with Crippen LogP contribution in [-0.4, -0.2) is 24.3 Å². The first kappa shape index (κ1) is 13.6. The average Bonchev–Trinajstić information content (AvgIpc) is 2.97. The Bertz CT molecular complexity index is 987.